The van der Waals surface area contributed by atoms with Crippen LogP contribution in [0.3, 0.4) is 0 Å². The van der Waals surface area contributed by atoms with E-state index >= 15 is 0 Å². The van der Waals surface area contributed by atoms with Crippen LogP contribution in [0.15, 0.2) is 23.2 Å². The van der Waals surface area contributed by atoms with Crippen LogP contribution in [0.2, 0.25) is 0 Å². The molecule has 6 heteroatoms. The Morgan fingerprint density at radius 1 is 1.38 bits per heavy atom. The molecule has 0 amide bonds. The van der Waals surface area contributed by atoms with Crippen LogP contribution < -0.4 is 15.4 Å². The van der Waals surface area contributed by atoms with Gasteiger partial charge in [0.2, 0.25) is 0 Å². The van der Waals surface area contributed by atoms with Crippen molar-refractivity contribution in [2.45, 2.75) is 45.6 Å². The summed E-state index contributed by atoms with van der Waals surface area (Å²) in [6.07, 6.45) is 5.14. The van der Waals surface area contributed by atoms with Crippen LogP contribution in [0.1, 0.15) is 51.1 Å². The van der Waals surface area contributed by atoms with Crippen molar-refractivity contribution in [1.29, 1.82) is 0 Å². The van der Waals surface area contributed by atoms with Crippen LogP contribution in [0.4, 0.5) is 4.39 Å². The van der Waals surface area contributed by atoms with Gasteiger partial charge in [0.15, 0.2) is 17.5 Å². The van der Waals surface area contributed by atoms with Gasteiger partial charge in [0.25, 0.3) is 0 Å². The molecule has 1 atom stereocenters. The monoisotopic (exact) mass is 449 g/mol. The molecule has 0 bridgehead atoms. The van der Waals surface area contributed by atoms with Crippen molar-refractivity contribution < 1.29 is 9.13 Å². The fourth-order valence-electron chi connectivity index (χ4n) is 3.14. The maximum Gasteiger partial charge on any atom is 0.191 e. The molecule has 0 radical (unpaired) electrons. The molecule has 1 aliphatic carbocycles. The summed E-state index contributed by atoms with van der Waals surface area (Å²) in [5.41, 5.74) is 1.21. The number of benzene rings is 1. The number of nitrogens with zero attached hydrogens (tertiary/aromatic N) is 1. The molecule has 4 nitrogen and oxygen atoms in total. The molecule has 0 saturated heterocycles. The average molecular weight is 449 g/mol. The van der Waals surface area contributed by atoms with Gasteiger partial charge in [0, 0.05) is 13.6 Å². The second-order valence-corrected chi connectivity index (χ2v) is 6.70. The zero-order chi connectivity index (χ0) is 16.9. The first-order valence-electron chi connectivity index (χ1n) is 8.28. The summed E-state index contributed by atoms with van der Waals surface area (Å²) >= 11 is 0. The summed E-state index contributed by atoms with van der Waals surface area (Å²) in [6, 6.07) is 4.98. The highest BCUT2D eigenvalue weighted by atomic mass is 127. The third-order valence-corrected chi connectivity index (χ3v) is 4.75. The van der Waals surface area contributed by atoms with Crippen LogP contribution in [0.5, 0.6) is 5.75 Å². The van der Waals surface area contributed by atoms with E-state index in [-0.39, 0.29) is 41.6 Å². The van der Waals surface area contributed by atoms with Gasteiger partial charge >= 0.3 is 0 Å². The average Bonchev–Trinajstić information content (AvgIpc) is 2.98. The first-order valence-corrected chi connectivity index (χ1v) is 8.28. The van der Waals surface area contributed by atoms with E-state index in [1.165, 1.54) is 38.9 Å². The summed E-state index contributed by atoms with van der Waals surface area (Å²) in [5, 5.41) is 6.73. The lowest BCUT2D eigenvalue weighted by Gasteiger charge is -2.26. The quantitative estimate of drug-likeness (QED) is 0.401. The Morgan fingerprint density at radius 2 is 2.04 bits per heavy atom. The Morgan fingerprint density at radius 3 is 2.58 bits per heavy atom. The maximum absolute atomic E-state index is 13.8. The maximum atomic E-state index is 13.8. The van der Waals surface area contributed by atoms with E-state index in [0.29, 0.717) is 5.41 Å². The second-order valence-electron chi connectivity index (χ2n) is 6.70. The SMILES string of the molecule is CN=C(NCC1(C)CCCC1)NC(C)c1ccc(OC)c(F)c1.I. The summed E-state index contributed by atoms with van der Waals surface area (Å²) < 4.78 is 18.8. The van der Waals surface area contributed by atoms with Crippen LogP contribution in [-0.4, -0.2) is 26.7 Å². The third kappa shape index (κ3) is 5.50. The number of ether oxygens (including phenoxy) is 1. The highest BCUT2D eigenvalue weighted by Gasteiger charge is 2.28. The van der Waals surface area contributed by atoms with Gasteiger partial charge in [-0.05, 0) is 42.9 Å². The first kappa shape index (κ1) is 21.0. The highest BCUT2D eigenvalue weighted by Crippen LogP contribution is 2.36. The first-order chi connectivity index (χ1) is 11.0. The van der Waals surface area contributed by atoms with E-state index < -0.39 is 0 Å². The van der Waals surface area contributed by atoms with Crippen LogP contribution in [0.25, 0.3) is 0 Å². The van der Waals surface area contributed by atoms with Crippen molar-refractivity contribution in [3.8, 4) is 5.75 Å². The Balaban J connectivity index is 0.00000288. The van der Waals surface area contributed by atoms with Gasteiger partial charge in [-0.2, -0.15) is 0 Å². The van der Waals surface area contributed by atoms with Gasteiger partial charge in [0.05, 0.1) is 13.2 Å². The molecule has 1 aromatic rings. The minimum Gasteiger partial charge on any atom is -0.494 e. The third-order valence-electron chi connectivity index (χ3n) is 4.75. The summed E-state index contributed by atoms with van der Waals surface area (Å²) in [7, 11) is 3.22. The summed E-state index contributed by atoms with van der Waals surface area (Å²) in [4.78, 5) is 4.28. The predicted molar refractivity (Wildman–Crippen MR) is 108 cm³/mol. The number of methoxy groups -OCH3 is 1. The Kier molecular flexibility index (Phi) is 8.26. The van der Waals surface area contributed by atoms with E-state index in [1.807, 2.05) is 13.0 Å². The zero-order valence-electron chi connectivity index (χ0n) is 15.0. The van der Waals surface area contributed by atoms with Gasteiger partial charge in [-0.25, -0.2) is 4.39 Å². The molecule has 0 aromatic heterocycles. The number of aliphatic imine (C=N–C) groups is 1. The minimum absolute atomic E-state index is 0. The lowest BCUT2D eigenvalue weighted by Crippen LogP contribution is -2.43. The standard InChI is InChI=1S/C18H28FN3O.HI/c1-13(14-7-8-16(23-4)15(19)11-14)22-17(20-3)21-12-18(2)9-5-6-10-18;/h7-8,11,13H,5-6,9-10,12H2,1-4H3,(H2,20,21,22);1H. The van der Waals surface area contributed by atoms with Crippen LogP contribution in [0, 0.1) is 11.2 Å². The molecule has 1 unspecified atom stereocenters. The Bertz CT molecular complexity index is 559. The van der Waals surface area contributed by atoms with Gasteiger partial charge < -0.3 is 15.4 Å². The molecule has 2 N–H and O–H groups in total. The van der Waals surface area contributed by atoms with Crippen LogP contribution in [-0.2, 0) is 0 Å². The summed E-state index contributed by atoms with van der Waals surface area (Å²) in [5.74, 6) is 0.666. The smallest absolute Gasteiger partial charge is 0.191 e. The van der Waals surface area contributed by atoms with E-state index in [1.54, 1.807) is 13.1 Å². The lowest BCUT2D eigenvalue weighted by molar-refractivity contribution is 0.333. The van der Waals surface area contributed by atoms with E-state index in [0.717, 1.165) is 18.1 Å². The van der Waals surface area contributed by atoms with Crippen LogP contribution >= 0.6 is 24.0 Å². The van der Waals surface area contributed by atoms with Crippen molar-refractivity contribution in [2.24, 2.45) is 10.4 Å². The number of rotatable bonds is 5. The normalized spacial score (nSPS) is 17.8. The fourth-order valence-corrected chi connectivity index (χ4v) is 3.14. The van der Waals surface area contributed by atoms with Gasteiger partial charge in [-0.3, -0.25) is 4.99 Å². The number of hydrogen-bond acceptors (Lipinski definition) is 2. The number of halogens is 2. The van der Waals surface area contributed by atoms with Gasteiger partial charge in [0.1, 0.15) is 0 Å². The molecular formula is C18H29FIN3O. The van der Waals surface area contributed by atoms with Crippen molar-refractivity contribution >= 4 is 29.9 Å². The van der Waals surface area contributed by atoms with E-state index in [4.69, 9.17) is 4.74 Å². The molecule has 1 aromatic carbocycles. The summed E-state index contributed by atoms with van der Waals surface area (Å²) in [6.45, 7) is 5.23. The number of nitrogens with one attached hydrogen (secondary N) is 2. The highest BCUT2D eigenvalue weighted by molar-refractivity contribution is 14.0. The Hall–Kier alpha value is -1.05. The molecule has 24 heavy (non-hydrogen) atoms. The number of guanidine groups is 1. The Labute approximate surface area is 161 Å². The lowest BCUT2D eigenvalue weighted by atomic mass is 9.89. The fraction of sp³-hybridized carbons (Fsp3) is 0.611. The molecule has 0 heterocycles. The minimum atomic E-state index is -0.347. The van der Waals surface area contributed by atoms with Crippen molar-refractivity contribution in [3.05, 3.63) is 29.6 Å². The van der Waals surface area contributed by atoms with Crippen molar-refractivity contribution in [3.63, 3.8) is 0 Å². The second kappa shape index (κ2) is 9.44. The van der Waals surface area contributed by atoms with Gasteiger partial charge in [-0.15, -0.1) is 24.0 Å². The molecule has 1 aliphatic rings. The topological polar surface area (TPSA) is 45.7 Å². The van der Waals surface area contributed by atoms with Gasteiger partial charge in [-0.1, -0.05) is 25.8 Å². The molecule has 136 valence electrons. The van der Waals surface area contributed by atoms with Crippen molar-refractivity contribution in [1.82, 2.24) is 10.6 Å². The van der Waals surface area contributed by atoms with Crippen molar-refractivity contribution in [2.75, 3.05) is 20.7 Å². The molecule has 1 saturated carbocycles. The molecular weight excluding hydrogens is 420 g/mol. The van der Waals surface area contributed by atoms with E-state index in [2.05, 4.69) is 22.5 Å². The molecule has 0 spiro atoms. The molecule has 0 aliphatic heterocycles. The number of hydrogen-bond donors (Lipinski definition) is 2. The predicted octanol–water partition coefficient (Wildman–Crippen LogP) is 4.26. The molecule has 1 fully saturated rings. The largest absolute Gasteiger partial charge is 0.494 e. The van der Waals surface area contributed by atoms with E-state index in [9.17, 15) is 4.39 Å². The zero-order valence-corrected chi connectivity index (χ0v) is 17.3. The molecule has 2 rings (SSSR count).